The fraction of sp³-hybridized carbons (Fsp3) is 0.250. The van der Waals surface area contributed by atoms with Crippen LogP contribution in [-0.4, -0.2) is 77.4 Å². The van der Waals surface area contributed by atoms with Gasteiger partial charge >= 0.3 is 0 Å². The number of sulfone groups is 1. The lowest BCUT2D eigenvalue weighted by molar-refractivity contribution is 0.0654. The molecule has 2 aliphatic rings. The summed E-state index contributed by atoms with van der Waals surface area (Å²) in [5.74, 6) is 0.184. The summed E-state index contributed by atoms with van der Waals surface area (Å²) in [6.07, 6.45) is 1.13. The molecule has 0 atom stereocenters. The van der Waals surface area contributed by atoms with Gasteiger partial charge in [-0.05, 0) is 53.4 Å². The van der Waals surface area contributed by atoms with Crippen LogP contribution in [-0.2, 0) is 19.9 Å². The van der Waals surface area contributed by atoms with E-state index >= 15 is 0 Å². The highest BCUT2D eigenvalue weighted by atomic mass is 32.2. The summed E-state index contributed by atoms with van der Waals surface area (Å²) in [4.78, 5) is 17.9. The number of amidine groups is 1. The van der Waals surface area contributed by atoms with E-state index in [2.05, 4.69) is 9.71 Å². The van der Waals surface area contributed by atoms with E-state index in [1.165, 1.54) is 24.3 Å². The summed E-state index contributed by atoms with van der Waals surface area (Å²) in [6.45, 7) is 2.35. The van der Waals surface area contributed by atoms with E-state index in [1.54, 1.807) is 28.4 Å². The third-order valence-corrected chi connectivity index (χ3v) is 9.54. The summed E-state index contributed by atoms with van der Waals surface area (Å²) in [5.41, 5.74) is 1.77. The van der Waals surface area contributed by atoms with Crippen LogP contribution >= 0.6 is 11.3 Å². The highest BCUT2D eigenvalue weighted by molar-refractivity contribution is 7.91. The van der Waals surface area contributed by atoms with Gasteiger partial charge in [-0.25, -0.2) is 8.42 Å². The molecule has 2 aliphatic heterocycles. The Balaban J connectivity index is 1.22. The normalized spacial score (nSPS) is 17.7. The minimum atomic E-state index is -3.83. The van der Waals surface area contributed by atoms with E-state index in [9.17, 15) is 21.6 Å². The van der Waals surface area contributed by atoms with Gasteiger partial charge in [-0.3, -0.25) is 9.69 Å². The van der Waals surface area contributed by atoms with Gasteiger partial charge in [0.15, 0.2) is 9.84 Å². The molecule has 36 heavy (non-hydrogen) atoms. The molecule has 0 bridgehead atoms. The maximum atomic E-state index is 12.9. The molecule has 1 fully saturated rings. The monoisotopic (exact) mass is 544 g/mol. The van der Waals surface area contributed by atoms with Crippen molar-refractivity contribution in [1.29, 1.82) is 0 Å². The van der Waals surface area contributed by atoms with Crippen molar-refractivity contribution in [2.75, 3.05) is 44.3 Å². The van der Waals surface area contributed by atoms with Crippen molar-refractivity contribution in [3.05, 3.63) is 65.5 Å². The average Bonchev–Trinajstić information content (AvgIpc) is 3.38. The summed E-state index contributed by atoms with van der Waals surface area (Å²) >= 11 is 1.54. The highest BCUT2D eigenvalue weighted by Gasteiger charge is 2.28. The quantitative estimate of drug-likeness (QED) is 0.525. The molecule has 0 radical (unpaired) electrons. The topological polar surface area (TPSA) is 116 Å². The standard InChI is InChI=1S/C24H24N4O5S3/c1-35(30,31)19-7-4-17(5-8-19)24(29)28-12-10-27(11-13-28)16-23-25-20-9-6-18(21-3-2-14-34-21)15-22(20)36(32,33)26-23/h2-9,14-15H,10-13,16H2,1H3,(H,25,26). The molecule has 0 saturated carbocycles. The third kappa shape index (κ3) is 5.07. The van der Waals surface area contributed by atoms with E-state index in [-0.39, 0.29) is 15.7 Å². The molecule has 188 valence electrons. The molecule has 1 aromatic heterocycles. The molecule has 1 saturated heterocycles. The van der Waals surface area contributed by atoms with Gasteiger partial charge in [0.2, 0.25) is 0 Å². The van der Waals surface area contributed by atoms with Crippen molar-refractivity contribution in [3.63, 3.8) is 0 Å². The number of amides is 1. The van der Waals surface area contributed by atoms with Crippen LogP contribution in [0.25, 0.3) is 10.4 Å². The fourth-order valence-corrected chi connectivity index (χ4v) is 6.74. The van der Waals surface area contributed by atoms with Gasteiger partial charge in [0, 0.05) is 42.9 Å². The van der Waals surface area contributed by atoms with Crippen LogP contribution in [0.3, 0.4) is 0 Å². The van der Waals surface area contributed by atoms with Crippen LogP contribution in [0.2, 0.25) is 0 Å². The number of benzene rings is 2. The maximum Gasteiger partial charge on any atom is 0.286 e. The number of sulfonamides is 1. The van der Waals surface area contributed by atoms with Crippen molar-refractivity contribution in [1.82, 2.24) is 9.80 Å². The van der Waals surface area contributed by atoms with Crippen LogP contribution in [0, 0.1) is 0 Å². The number of nitrogens with zero attached hydrogens (tertiary/aromatic N) is 3. The van der Waals surface area contributed by atoms with Gasteiger partial charge in [0.25, 0.3) is 15.9 Å². The SMILES string of the molecule is CS(=O)(=O)c1ccc(C(=O)N2CCN(CC3=NS(=O)(=O)c4cc(-c5cccs5)ccc4N3)CC2)cc1. The number of fused-ring (bicyclic) bond motifs is 1. The molecular weight excluding hydrogens is 520 g/mol. The molecule has 12 heteroatoms. The molecule has 9 nitrogen and oxygen atoms in total. The number of rotatable bonds is 5. The molecule has 1 amide bonds. The first kappa shape index (κ1) is 24.6. The lowest BCUT2D eigenvalue weighted by Gasteiger charge is -2.35. The molecule has 5 rings (SSSR count). The lowest BCUT2D eigenvalue weighted by Crippen LogP contribution is -2.50. The van der Waals surface area contributed by atoms with Crippen molar-refractivity contribution in [3.8, 4) is 10.4 Å². The van der Waals surface area contributed by atoms with Crippen molar-refractivity contribution in [2.24, 2.45) is 4.40 Å². The second kappa shape index (κ2) is 9.43. The van der Waals surface area contributed by atoms with Gasteiger partial charge in [-0.15, -0.1) is 15.7 Å². The zero-order valence-electron chi connectivity index (χ0n) is 19.4. The smallest absolute Gasteiger partial charge is 0.286 e. The fourth-order valence-electron chi connectivity index (χ4n) is 4.22. The van der Waals surface area contributed by atoms with Crippen LogP contribution in [0.1, 0.15) is 10.4 Å². The summed E-state index contributed by atoms with van der Waals surface area (Å²) in [7, 11) is -7.16. The molecule has 2 aromatic carbocycles. The molecule has 1 N–H and O–H groups in total. The van der Waals surface area contributed by atoms with Crippen molar-refractivity contribution >= 4 is 48.6 Å². The number of hydrogen-bond donors (Lipinski definition) is 1. The molecule has 3 heterocycles. The maximum absolute atomic E-state index is 12.9. The predicted molar refractivity (Wildman–Crippen MR) is 140 cm³/mol. The minimum absolute atomic E-state index is 0.162. The first-order valence-corrected chi connectivity index (χ1v) is 15.4. The van der Waals surface area contributed by atoms with Gasteiger partial charge in [-0.2, -0.15) is 8.42 Å². The second-order valence-electron chi connectivity index (χ2n) is 8.69. The minimum Gasteiger partial charge on any atom is -0.341 e. The molecule has 3 aromatic rings. The Labute approximate surface area is 214 Å². The Morgan fingerprint density at radius 2 is 1.78 bits per heavy atom. The van der Waals surface area contributed by atoms with Crippen LogP contribution in [0.5, 0.6) is 0 Å². The Hall–Kier alpha value is -3.06. The molecular formula is C24H24N4O5S3. The number of hydrogen-bond acceptors (Lipinski definition) is 8. The number of thiophene rings is 1. The van der Waals surface area contributed by atoms with Crippen molar-refractivity contribution < 1.29 is 21.6 Å². The van der Waals surface area contributed by atoms with Gasteiger partial charge in [0.05, 0.1) is 17.1 Å². The number of carbonyl (C=O) groups is 1. The van der Waals surface area contributed by atoms with Gasteiger partial charge < -0.3 is 10.2 Å². The Morgan fingerprint density at radius 3 is 2.42 bits per heavy atom. The predicted octanol–water partition coefficient (Wildman–Crippen LogP) is 2.79. The molecule has 0 aliphatic carbocycles. The van der Waals surface area contributed by atoms with Crippen molar-refractivity contribution in [2.45, 2.75) is 9.79 Å². The third-order valence-electron chi connectivity index (χ3n) is 6.14. The number of anilines is 1. The second-order valence-corrected chi connectivity index (χ2v) is 13.2. The Bertz CT molecular complexity index is 1540. The zero-order chi connectivity index (χ0) is 25.5. The van der Waals surface area contributed by atoms with Crippen LogP contribution in [0.4, 0.5) is 5.69 Å². The number of piperazine rings is 1. The average molecular weight is 545 g/mol. The van der Waals surface area contributed by atoms with E-state index in [1.807, 2.05) is 28.5 Å². The van der Waals surface area contributed by atoms with Gasteiger partial charge in [-0.1, -0.05) is 12.1 Å². The van der Waals surface area contributed by atoms with Gasteiger partial charge in [0.1, 0.15) is 10.7 Å². The molecule has 0 unspecified atom stereocenters. The zero-order valence-corrected chi connectivity index (χ0v) is 21.9. The Morgan fingerprint density at radius 1 is 1.06 bits per heavy atom. The van der Waals surface area contributed by atoms with Crippen LogP contribution < -0.4 is 5.32 Å². The summed E-state index contributed by atoms with van der Waals surface area (Å²) < 4.78 is 53.1. The first-order chi connectivity index (χ1) is 17.1. The summed E-state index contributed by atoms with van der Waals surface area (Å²) in [6, 6.07) is 15.1. The Kier molecular flexibility index (Phi) is 6.45. The van der Waals surface area contributed by atoms with E-state index in [4.69, 9.17) is 0 Å². The highest BCUT2D eigenvalue weighted by Crippen LogP contribution is 2.33. The van der Waals surface area contributed by atoms with Crippen LogP contribution in [0.15, 0.2) is 74.2 Å². The van der Waals surface area contributed by atoms with E-state index < -0.39 is 19.9 Å². The first-order valence-electron chi connectivity index (χ1n) is 11.2. The van der Waals surface area contributed by atoms with E-state index in [0.29, 0.717) is 49.8 Å². The van der Waals surface area contributed by atoms with E-state index in [0.717, 1.165) is 16.7 Å². The number of carbonyl (C=O) groups excluding carboxylic acids is 1. The largest absolute Gasteiger partial charge is 0.341 e. The lowest BCUT2D eigenvalue weighted by atomic mass is 10.1. The summed E-state index contributed by atoms with van der Waals surface area (Å²) in [5, 5.41) is 5.10. The number of nitrogens with one attached hydrogen (secondary N) is 1. The molecule has 0 spiro atoms.